The van der Waals surface area contributed by atoms with Gasteiger partial charge in [0.05, 0.1) is 19.6 Å². The van der Waals surface area contributed by atoms with E-state index in [4.69, 9.17) is 4.74 Å². The minimum absolute atomic E-state index is 0.00609. The SMILES string of the molecule is CCOC(=O)CCC(=O)CN1CCC(CNC(C)=O)CC1. The number of hydrogen-bond donors (Lipinski definition) is 1. The predicted octanol–water partition coefficient (Wildman–Crippen LogP) is 0.747. The van der Waals surface area contributed by atoms with Crippen LogP contribution in [0.5, 0.6) is 0 Å². The fraction of sp³-hybridized carbons (Fsp3) is 0.800. The second-order valence-corrected chi connectivity index (χ2v) is 5.50. The van der Waals surface area contributed by atoms with E-state index in [2.05, 4.69) is 10.2 Å². The maximum Gasteiger partial charge on any atom is 0.306 e. The maximum absolute atomic E-state index is 11.8. The summed E-state index contributed by atoms with van der Waals surface area (Å²) in [4.78, 5) is 36.0. The Balaban J connectivity index is 2.15. The molecule has 1 aliphatic heterocycles. The summed E-state index contributed by atoms with van der Waals surface area (Å²) in [6, 6.07) is 0. The maximum atomic E-state index is 11.8. The van der Waals surface area contributed by atoms with E-state index in [0.29, 0.717) is 19.1 Å². The molecule has 0 atom stereocenters. The Kier molecular flexibility index (Phi) is 7.97. The number of Topliss-reactive ketones (excluding diaryl/α,β-unsaturated/α-hetero) is 1. The van der Waals surface area contributed by atoms with Gasteiger partial charge in [0, 0.05) is 19.9 Å². The highest BCUT2D eigenvalue weighted by atomic mass is 16.5. The molecule has 1 fully saturated rings. The fourth-order valence-electron chi connectivity index (χ4n) is 2.44. The number of rotatable bonds is 8. The first-order chi connectivity index (χ1) is 10.0. The fourth-order valence-corrected chi connectivity index (χ4v) is 2.44. The lowest BCUT2D eigenvalue weighted by atomic mass is 9.96. The number of carbonyl (C=O) groups is 3. The molecule has 1 heterocycles. The van der Waals surface area contributed by atoms with Crippen molar-refractivity contribution < 1.29 is 19.1 Å². The molecule has 0 radical (unpaired) electrons. The third-order valence-electron chi connectivity index (χ3n) is 3.66. The van der Waals surface area contributed by atoms with E-state index in [1.165, 1.54) is 6.92 Å². The monoisotopic (exact) mass is 298 g/mol. The van der Waals surface area contributed by atoms with Crippen LogP contribution in [-0.4, -0.2) is 55.3 Å². The first-order valence-corrected chi connectivity index (χ1v) is 7.65. The Morgan fingerprint density at radius 3 is 2.43 bits per heavy atom. The van der Waals surface area contributed by atoms with Gasteiger partial charge in [-0.2, -0.15) is 0 Å². The van der Waals surface area contributed by atoms with E-state index >= 15 is 0 Å². The van der Waals surface area contributed by atoms with E-state index in [1.807, 2.05) is 0 Å². The van der Waals surface area contributed by atoms with Crippen LogP contribution in [-0.2, 0) is 19.1 Å². The average Bonchev–Trinajstić information content (AvgIpc) is 2.45. The van der Waals surface area contributed by atoms with Gasteiger partial charge in [-0.1, -0.05) is 0 Å². The van der Waals surface area contributed by atoms with Gasteiger partial charge in [-0.3, -0.25) is 19.3 Å². The largest absolute Gasteiger partial charge is 0.466 e. The molecule has 1 amide bonds. The van der Waals surface area contributed by atoms with Crippen LogP contribution in [0.15, 0.2) is 0 Å². The topological polar surface area (TPSA) is 75.7 Å². The lowest BCUT2D eigenvalue weighted by Gasteiger charge is -2.31. The Morgan fingerprint density at radius 2 is 1.86 bits per heavy atom. The normalized spacial score (nSPS) is 16.5. The predicted molar refractivity (Wildman–Crippen MR) is 78.7 cm³/mol. The lowest BCUT2D eigenvalue weighted by molar-refractivity contribution is -0.144. The summed E-state index contributed by atoms with van der Waals surface area (Å²) in [7, 11) is 0. The van der Waals surface area contributed by atoms with Gasteiger partial charge in [-0.25, -0.2) is 0 Å². The lowest BCUT2D eigenvalue weighted by Crippen LogP contribution is -2.40. The molecule has 0 aromatic rings. The summed E-state index contributed by atoms with van der Waals surface area (Å²) >= 11 is 0. The van der Waals surface area contributed by atoms with Crippen LogP contribution in [0, 0.1) is 5.92 Å². The molecule has 0 unspecified atom stereocenters. The smallest absolute Gasteiger partial charge is 0.306 e. The Morgan fingerprint density at radius 1 is 1.19 bits per heavy atom. The molecule has 0 aromatic carbocycles. The van der Waals surface area contributed by atoms with E-state index in [9.17, 15) is 14.4 Å². The zero-order valence-corrected chi connectivity index (χ0v) is 13.0. The molecule has 0 spiro atoms. The zero-order chi connectivity index (χ0) is 15.7. The van der Waals surface area contributed by atoms with Gasteiger partial charge in [0.1, 0.15) is 5.78 Å². The van der Waals surface area contributed by atoms with E-state index in [-0.39, 0.29) is 30.5 Å². The van der Waals surface area contributed by atoms with Crippen molar-refractivity contribution in [1.82, 2.24) is 10.2 Å². The van der Waals surface area contributed by atoms with Crippen LogP contribution < -0.4 is 5.32 Å². The third kappa shape index (κ3) is 7.80. The molecule has 120 valence electrons. The first-order valence-electron chi connectivity index (χ1n) is 7.65. The van der Waals surface area contributed by atoms with E-state index in [1.54, 1.807) is 6.92 Å². The molecule has 1 aliphatic rings. The van der Waals surface area contributed by atoms with Gasteiger partial charge in [-0.05, 0) is 38.8 Å². The molecule has 6 nitrogen and oxygen atoms in total. The number of nitrogens with zero attached hydrogens (tertiary/aromatic N) is 1. The van der Waals surface area contributed by atoms with Crippen LogP contribution >= 0.6 is 0 Å². The second-order valence-electron chi connectivity index (χ2n) is 5.50. The number of esters is 1. The van der Waals surface area contributed by atoms with Crippen molar-refractivity contribution in [3.63, 3.8) is 0 Å². The number of likely N-dealkylation sites (tertiary alicyclic amines) is 1. The molecule has 21 heavy (non-hydrogen) atoms. The van der Waals surface area contributed by atoms with Crippen molar-refractivity contribution in [2.45, 2.75) is 39.5 Å². The van der Waals surface area contributed by atoms with Gasteiger partial charge >= 0.3 is 5.97 Å². The number of nitrogens with one attached hydrogen (secondary N) is 1. The highest BCUT2D eigenvalue weighted by Gasteiger charge is 2.21. The summed E-state index contributed by atoms with van der Waals surface area (Å²) in [5.41, 5.74) is 0. The highest BCUT2D eigenvalue weighted by molar-refractivity contribution is 5.84. The molecule has 1 saturated heterocycles. The Labute approximate surface area is 126 Å². The first kappa shape index (κ1) is 17.6. The van der Waals surface area contributed by atoms with Crippen LogP contribution in [0.1, 0.15) is 39.5 Å². The summed E-state index contributed by atoms with van der Waals surface area (Å²) in [6.07, 6.45) is 2.41. The number of ketones is 1. The van der Waals surface area contributed by atoms with Crippen molar-refractivity contribution in [2.24, 2.45) is 5.92 Å². The molecule has 1 N–H and O–H groups in total. The molecule has 0 aliphatic carbocycles. The highest BCUT2D eigenvalue weighted by Crippen LogP contribution is 2.16. The quantitative estimate of drug-likeness (QED) is 0.669. The summed E-state index contributed by atoms with van der Waals surface area (Å²) < 4.78 is 4.80. The summed E-state index contributed by atoms with van der Waals surface area (Å²) in [5.74, 6) is 0.287. The summed E-state index contributed by atoms with van der Waals surface area (Å²) in [6.45, 7) is 6.51. The average molecular weight is 298 g/mol. The molecular weight excluding hydrogens is 272 g/mol. The minimum atomic E-state index is -0.306. The standard InChI is InChI=1S/C15H26N2O4/c1-3-21-15(20)5-4-14(19)11-17-8-6-13(7-9-17)10-16-12(2)18/h13H,3-11H2,1-2H3,(H,16,18). The molecule has 1 rings (SSSR count). The number of carbonyl (C=O) groups excluding carboxylic acids is 3. The molecule has 6 heteroatoms. The second kappa shape index (κ2) is 9.50. The number of ether oxygens (including phenoxy) is 1. The zero-order valence-electron chi connectivity index (χ0n) is 13.0. The van der Waals surface area contributed by atoms with Gasteiger partial charge in [-0.15, -0.1) is 0 Å². The van der Waals surface area contributed by atoms with Gasteiger partial charge in [0.15, 0.2) is 0 Å². The van der Waals surface area contributed by atoms with Gasteiger partial charge in [0.2, 0.25) is 5.91 Å². The van der Waals surface area contributed by atoms with Crippen molar-refractivity contribution >= 4 is 17.7 Å². The van der Waals surface area contributed by atoms with E-state index in [0.717, 1.165) is 32.5 Å². The van der Waals surface area contributed by atoms with E-state index < -0.39 is 0 Å². The van der Waals surface area contributed by atoms with Crippen LogP contribution in [0.4, 0.5) is 0 Å². The van der Waals surface area contributed by atoms with Crippen molar-refractivity contribution in [3.8, 4) is 0 Å². The minimum Gasteiger partial charge on any atom is -0.466 e. The number of amides is 1. The molecular formula is C15H26N2O4. The summed E-state index contributed by atoms with van der Waals surface area (Å²) in [5, 5.41) is 2.84. The molecule has 0 aromatic heterocycles. The Hall–Kier alpha value is -1.43. The third-order valence-corrected chi connectivity index (χ3v) is 3.66. The van der Waals surface area contributed by atoms with Crippen LogP contribution in [0.3, 0.4) is 0 Å². The molecule has 0 bridgehead atoms. The number of hydrogen-bond acceptors (Lipinski definition) is 5. The van der Waals surface area contributed by atoms with Crippen LogP contribution in [0.2, 0.25) is 0 Å². The van der Waals surface area contributed by atoms with Crippen molar-refractivity contribution in [1.29, 1.82) is 0 Å². The van der Waals surface area contributed by atoms with Crippen LogP contribution in [0.25, 0.3) is 0 Å². The number of piperidine rings is 1. The van der Waals surface area contributed by atoms with Gasteiger partial charge < -0.3 is 10.1 Å². The van der Waals surface area contributed by atoms with Crippen molar-refractivity contribution in [2.75, 3.05) is 32.8 Å². The molecule has 0 saturated carbocycles. The van der Waals surface area contributed by atoms with Gasteiger partial charge in [0.25, 0.3) is 0 Å². The Bertz CT molecular complexity index is 363. The van der Waals surface area contributed by atoms with Crippen molar-refractivity contribution in [3.05, 3.63) is 0 Å².